The van der Waals surface area contributed by atoms with Crippen molar-refractivity contribution in [2.24, 2.45) is 0 Å². The molecule has 1 aromatic rings. The Morgan fingerprint density at radius 3 is 2.92 bits per heavy atom. The van der Waals surface area contributed by atoms with Crippen LogP contribution in [-0.4, -0.2) is 16.5 Å². The van der Waals surface area contributed by atoms with Crippen molar-refractivity contribution < 1.29 is 4.21 Å². The molecular formula is C9H12N2OS. The summed E-state index contributed by atoms with van der Waals surface area (Å²) in [7, 11) is -0.842. The first-order valence-corrected chi connectivity index (χ1v) is 5.56. The lowest BCUT2D eigenvalue weighted by molar-refractivity contribution is 0.685. The molecule has 0 saturated carbocycles. The van der Waals surface area contributed by atoms with Crippen LogP contribution in [-0.2, 0) is 11.0 Å². The smallest absolute Gasteiger partial charge is 0.119 e. The van der Waals surface area contributed by atoms with Gasteiger partial charge in [0.15, 0.2) is 0 Å². The first kappa shape index (κ1) is 8.56. The van der Waals surface area contributed by atoms with Gasteiger partial charge in [-0.1, -0.05) is 6.07 Å². The molecule has 0 radical (unpaired) electrons. The highest BCUT2D eigenvalue weighted by molar-refractivity contribution is 7.86. The molecule has 1 atom stereocenters. The van der Waals surface area contributed by atoms with Crippen molar-refractivity contribution in [2.45, 2.75) is 6.42 Å². The molecule has 0 amide bonds. The number of hydrogen-bond donors (Lipinski definition) is 1. The fourth-order valence-corrected chi connectivity index (χ4v) is 2.75. The Kier molecular flexibility index (Phi) is 2.22. The first-order valence-electron chi connectivity index (χ1n) is 4.29. The van der Waals surface area contributed by atoms with Crippen LogP contribution in [0.15, 0.2) is 24.3 Å². The summed E-state index contributed by atoms with van der Waals surface area (Å²) in [6, 6.07) is 7.53. The monoisotopic (exact) mass is 196 g/mol. The van der Waals surface area contributed by atoms with E-state index in [0.717, 1.165) is 30.1 Å². The summed E-state index contributed by atoms with van der Waals surface area (Å²) in [5.41, 5.74) is 7.34. The lowest BCUT2D eigenvalue weighted by Crippen LogP contribution is -2.19. The van der Waals surface area contributed by atoms with Gasteiger partial charge < -0.3 is 5.73 Å². The molecule has 3 nitrogen and oxygen atoms in total. The van der Waals surface area contributed by atoms with Crippen LogP contribution < -0.4 is 10.0 Å². The summed E-state index contributed by atoms with van der Waals surface area (Å²) < 4.78 is 13.4. The molecule has 0 aromatic heterocycles. The molecule has 2 rings (SSSR count). The van der Waals surface area contributed by atoms with Crippen molar-refractivity contribution >= 4 is 22.4 Å². The van der Waals surface area contributed by atoms with Gasteiger partial charge in [-0.25, -0.2) is 4.21 Å². The van der Waals surface area contributed by atoms with E-state index in [1.54, 1.807) is 0 Å². The minimum absolute atomic E-state index is 0.724. The van der Waals surface area contributed by atoms with Gasteiger partial charge in [-0.05, 0) is 24.6 Å². The van der Waals surface area contributed by atoms with Gasteiger partial charge in [0.25, 0.3) is 0 Å². The maximum absolute atomic E-state index is 11.5. The molecule has 1 saturated heterocycles. The van der Waals surface area contributed by atoms with Crippen molar-refractivity contribution in [1.29, 1.82) is 0 Å². The van der Waals surface area contributed by atoms with Crippen LogP contribution in [0.25, 0.3) is 0 Å². The Labute approximate surface area is 80.1 Å². The van der Waals surface area contributed by atoms with Crippen LogP contribution >= 0.6 is 0 Å². The van der Waals surface area contributed by atoms with Crippen molar-refractivity contribution in [3.05, 3.63) is 24.3 Å². The van der Waals surface area contributed by atoms with E-state index < -0.39 is 11.0 Å². The van der Waals surface area contributed by atoms with E-state index in [9.17, 15) is 4.21 Å². The molecule has 1 unspecified atom stereocenters. The molecule has 13 heavy (non-hydrogen) atoms. The van der Waals surface area contributed by atoms with Gasteiger partial charge in [-0.3, -0.25) is 4.31 Å². The molecule has 0 bridgehead atoms. The maximum atomic E-state index is 11.5. The molecule has 1 aromatic carbocycles. The fraction of sp³-hybridized carbons (Fsp3) is 0.333. The topological polar surface area (TPSA) is 46.3 Å². The third-order valence-corrected chi connectivity index (χ3v) is 3.61. The summed E-state index contributed by atoms with van der Waals surface area (Å²) in [6.07, 6.45) is 1.00. The molecular weight excluding hydrogens is 184 g/mol. The fourth-order valence-electron chi connectivity index (χ4n) is 1.47. The SMILES string of the molecule is Nc1cccc(N2CCCS2=O)c1. The van der Waals surface area contributed by atoms with Crippen LogP contribution in [0.1, 0.15) is 6.42 Å². The second kappa shape index (κ2) is 3.38. The van der Waals surface area contributed by atoms with E-state index in [4.69, 9.17) is 5.73 Å². The van der Waals surface area contributed by atoms with Gasteiger partial charge >= 0.3 is 0 Å². The van der Waals surface area contributed by atoms with Gasteiger partial charge in [0, 0.05) is 18.0 Å². The second-order valence-electron chi connectivity index (χ2n) is 3.08. The summed E-state index contributed by atoms with van der Waals surface area (Å²) in [6.45, 7) is 0.871. The zero-order chi connectivity index (χ0) is 9.26. The highest BCUT2D eigenvalue weighted by atomic mass is 32.2. The van der Waals surface area contributed by atoms with Crippen molar-refractivity contribution in [1.82, 2.24) is 0 Å². The predicted molar refractivity (Wildman–Crippen MR) is 55.8 cm³/mol. The third-order valence-electron chi connectivity index (χ3n) is 2.08. The Morgan fingerprint density at radius 1 is 1.46 bits per heavy atom. The van der Waals surface area contributed by atoms with E-state index in [1.807, 2.05) is 28.6 Å². The molecule has 4 heteroatoms. The van der Waals surface area contributed by atoms with Crippen molar-refractivity contribution in [3.63, 3.8) is 0 Å². The zero-order valence-corrected chi connectivity index (χ0v) is 8.09. The average molecular weight is 196 g/mol. The van der Waals surface area contributed by atoms with E-state index in [2.05, 4.69) is 0 Å². The third kappa shape index (κ3) is 1.67. The predicted octanol–water partition coefficient (Wildman–Crippen LogP) is 1.14. The number of nitrogen functional groups attached to an aromatic ring is 1. The number of benzene rings is 1. The second-order valence-corrected chi connectivity index (χ2v) is 4.57. The van der Waals surface area contributed by atoms with E-state index in [-0.39, 0.29) is 0 Å². The lowest BCUT2D eigenvalue weighted by Gasteiger charge is -2.15. The molecule has 1 heterocycles. The zero-order valence-electron chi connectivity index (χ0n) is 7.27. The number of nitrogens with zero attached hydrogens (tertiary/aromatic N) is 1. The van der Waals surface area contributed by atoms with Crippen molar-refractivity contribution in [3.8, 4) is 0 Å². The van der Waals surface area contributed by atoms with E-state index >= 15 is 0 Å². The van der Waals surface area contributed by atoms with Gasteiger partial charge in [-0.15, -0.1) is 0 Å². The Morgan fingerprint density at radius 2 is 2.31 bits per heavy atom. The highest BCUT2D eigenvalue weighted by Crippen LogP contribution is 2.22. The molecule has 0 spiro atoms. The van der Waals surface area contributed by atoms with Crippen LogP contribution in [0.4, 0.5) is 11.4 Å². The van der Waals surface area contributed by atoms with Crippen LogP contribution in [0, 0.1) is 0 Å². The average Bonchev–Trinajstić information content (AvgIpc) is 2.51. The Balaban J connectivity index is 2.29. The molecule has 1 aliphatic heterocycles. The lowest BCUT2D eigenvalue weighted by atomic mass is 10.3. The van der Waals surface area contributed by atoms with Gasteiger partial charge in [0.2, 0.25) is 0 Å². The molecule has 70 valence electrons. The van der Waals surface area contributed by atoms with E-state index in [1.165, 1.54) is 0 Å². The van der Waals surface area contributed by atoms with Gasteiger partial charge in [0.05, 0.1) is 5.69 Å². The minimum atomic E-state index is -0.842. The van der Waals surface area contributed by atoms with E-state index in [0.29, 0.717) is 0 Å². The molecule has 0 aliphatic carbocycles. The van der Waals surface area contributed by atoms with Crippen LogP contribution in [0.5, 0.6) is 0 Å². The van der Waals surface area contributed by atoms with Gasteiger partial charge in [-0.2, -0.15) is 0 Å². The standard InChI is InChI=1S/C9H12N2OS/c10-8-3-1-4-9(7-8)11-5-2-6-13(11)12/h1,3-4,7H,2,5-6,10H2. The van der Waals surface area contributed by atoms with Crippen LogP contribution in [0.2, 0.25) is 0 Å². The minimum Gasteiger partial charge on any atom is -0.399 e. The summed E-state index contributed by atoms with van der Waals surface area (Å²) in [5, 5.41) is 0. The summed E-state index contributed by atoms with van der Waals surface area (Å²) >= 11 is 0. The number of hydrogen-bond acceptors (Lipinski definition) is 2. The van der Waals surface area contributed by atoms with Crippen LogP contribution in [0.3, 0.4) is 0 Å². The first-order chi connectivity index (χ1) is 6.27. The molecule has 2 N–H and O–H groups in total. The molecule has 1 fully saturated rings. The summed E-state index contributed by atoms with van der Waals surface area (Å²) in [5.74, 6) is 0.773. The quantitative estimate of drug-likeness (QED) is 0.685. The molecule has 1 aliphatic rings. The normalized spacial score (nSPS) is 22.2. The largest absolute Gasteiger partial charge is 0.399 e. The number of anilines is 2. The Hall–Kier alpha value is -1.03. The van der Waals surface area contributed by atoms with Crippen molar-refractivity contribution in [2.75, 3.05) is 22.3 Å². The summed E-state index contributed by atoms with van der Waals surface area (Å²) in [4.78, 5) is 0. The highest BCUT2D eigenvalue weighted by Gasteiger charge is 2.19. The number of nitrogens with two attached hydrogens (primary N) is 1. The van der Waals surface area contributed by atoms with Gasteiger partial charge in [0.1, 0.15) is 11.0 Å². The number of rotatable bonds is 1. The maximum Gasteiger partial charge on any atom is 0.119 e. The Bertz CT molecular complexity index is 340.